The van der Waals surface area contributed by atoms with Crippen molar-refractivity contribution in [2.24, 2.45) is 0 Å². The van der Waals surface area contributed by atoms with Crippen LogP contribution in [0.4, 0.5) is 14.5 Å². The molecule has 1 aromatic rings. The van der Waals surface area contributed by atoms with Crippen LogP contribution in [0.2, 0.25) is 0 Å². The average Bonchev–Trinajstić information content (AvgIpc) is 2.94. The van der Waals surface area contributed by atoms with E-state index in [2.05, 4.69) is 6.07 Å². The highest BCUT2D eigenvalue weighted by atomic mass is 19.1. The molecule has 0 atom stereocenters. The Morgan fingerprint density at radius 2 is 1.79 bits per heavy atom. The molecule has 1 fully saturated rings. The highest BCUT2D eigenvalue weighted by Crippen LogP contribution is 2.48. The maximum Gasteiger partial charge on any atom is 0.149 e. The zero-order valence-electron chi connectivity index (χ0n) is 7.35. The van der Waals surface area contributed by atoms with Crippen LogP contribution in [0.25, 0.3) is 0 Å². The highest BCUT2D eigenvalue weighted by Gasteiger charge is 2.45. The summed E-state index contributed by atoms with van der Waals surface area (Å²) >= 11 is 0. The summed E-state index contributed by atoms with van der Waals surface area (Å²) in [5.41, 5.74) is 4.36. The van der Waals surface area contributed by atoms with Gasteiger partial charge in [-0.3, -0.25) is 0 Å². The van der Waals surface area contributed by atoms with Crippen LogP contribution in [0.1, 0.15) is 18.4 Å². The Kier molecular flexibility index (Phi) is 1.71. The molecule has 0 amide bonds. The smallest absolute Gasteiger partial charge is 0.149 e. The van der Waals surface area contributed by atoms with Gasteiger partial charge in [0, 0.05) is 0 Å². The van der Waals surface area contributed by atoms with E-state index in [4.69, 9.17) is 11.0 Å². The second kappa shape index (κ2) is 2.68. The van der Waals surface area contributed by atoms with Crippen molar-refractivity contribution in [1.29, 1.82) is 5.26 Å². The van der Waals surface area contributed by atoms with Crippen molar-refractivity contribution in [1.82, 2.24) is 0 Å². The van der Waals surface area contributed by atoms with Gasteiger partial charge >= 0.3 is 0 Å². The molecule has 0 unspecified atom stereocenters. The number of nitrogens with two attached hydrogens (primary N) is 1. The van der Waals surface area contributed by atoms with Crippen LogP contribution < -0.4 is 5.73 Å². The summed E-state index contributed by atoms with van der Waals surface area (Å²) in [5, 5.41) is 8.83. The second-order valence-corrected chi connectivity index (χ2v) is 3.55. The molecule has 0 heterocycles. The van der Waals surface area contributed by atoms with Crippen molar-refractivity contribution in [3.8, 4) is 6.07 Å². The lowest BCUT2D eigenvalue weighted by Gasteiger charge is -2.07. The summed E-state index contributed by atoms with van der Waals surface area (Å²) in [5.74, 6) is -1.58. The number of nitrogen functional groups attached to an aromatic ring is 1. The molecule has 0 spiro atoms. The largest absolute Gasteiger partial charge is 0.394 e. The fourth-order valence-electron chi connectivity index (χ4n) is 1.45. The van der Waals surface area contributed by atoms with Crippen LogP contribution in [-0.2, 0) is 5.41 Å². The van der Waals surface area contributed by atoms with E-state index in [0.717, 1.165) is 12.1 Å². The lowest BCUT2D eigenvalue weighted by atomic mass is 9.97. The monoisotopic (exact) mass is 194 g/mol. The topological polar surface area (TPSA) is 49.8 Å². The van der Waals surface area contributed by atoms with Gasteiger partial charge in [0.1, 0.15) is 17.3 Å². The molecule has 1 saturated carbocycles. The lowest BCUT2D eigenvalue weighted by Crippen LogP contribution is -2.06. The number of rotatable bonds is 1. The molecular weight excluding hydrogens is 186 g/mol. The van der Waals surface area contributed by atoms with Gasteiger partial charge in [0.05, 0.1) is 11.5 Å². The average molecular weight is 194 g/mol. The Hall–Kier alpha value is -1.63. The first-order valence-corrected chi connectivity index (χ1v) is 4.25. The molecule has 2 N–H and O–H groups in total. The SMILES string of the molecule is N#CC1(c2cc(F)c(N)c(F)c2)CC1. The number of anilines is 1. The summed E-state index contributed by atoms with van der Waals surface area (Å²) < 4.78 is 26.1. The van der Waals surface area contributed by atoms with Crippen LogP contribution in [0.15, 0.2) is 12.1 Å². The van der Waals surface area contributed by atoms with Gasteiger partial charge in [-0.2, -0.15) is 5.26 Å². The van der Waals surface area contributed by atoms with Crippen molar-refractivity contribution in [3.63, 3.8) is 0 Å². The maximum atomic E-state index is 13.1. The molecule has 4 heteroatoms. The Morgan fingerprint density at radius 3 is 2.14 bits per heavy atom. The Morgan fingerprint density at radius 1 is 1.29 bits per heavy atom. The van der Waals surface area contributed by atoms with E-state index in [1.165, 1.54) is 0 Å². The van der Waals surface area contributed by atoms with Crippen molar-refractivity contribution in [2.75, 3.05) is 5.73 Å². The minimum Gasteiger partial charge on any atom is -0.394 e. The van der Waals surface area contributed by atoms with Crippen LogP contribution in [0.3, 0.4) is 0 Å². The van der Waals surface area contributed by atoms with E-state index in [1.54, 1.807) is 0 Å². The van der Waals surface area contributed by atoms with Gasteiger partial charge in [-0.25, -0.2) is 8.78 Å². The summed E-state index contributed by atoms with van der Waals surface area (Å²) in [6.45, 7) is 0. The third-order valence-corrected chi connectivity index (χ3v) is 2.60. The molecule has 0 aromatic heterocycles. The first-order chi connectivity index (χ1) is 6.59. The normalized spacial score (nSPS) is 17.5. The first kappa shape index (κ1) is 8.95. The first-order valence-electron chi connectivity index (χ1n) is 4.25. The molecule has 0 aliphatic heterocycles. The standard InChI is InChI=1S/C10H8F2N2/c11-7-3-6(4-8(12)9(7)14)10(5-13)1-2-10/h3-4H,1-2,14H2. The molecule has 0 radical (unpaired) electrons. The number of hydrogen-bond acceptors (Lipinski definition) is 2. The van der Waals surface area contributed by atoms with Crippen LogP contribution in [0, 0.1) is 23.0 Å². The Labute approximate surface area is 79.9 Å². The number of halogens is 2. The summed E-state index contributed by atoms with van der Waals surface area (Å²) in [6, 6.07) is 4.36. The Balaban J connectivity index is 2.53. The van der Waals surface area contributed by atoms with Gasteiger partial charge in [0.15, 0.2) is 0 Å². The van der Waals surface area contributed by atoms with Crippen LogP contribution in [-0.4, -0.2) is 0 Å². The minimum absolute atomic E-state index is 0.393. The maximum absolute atomic E-state index is 13.1. The van der Waals surface area contributed by atoms with Gasteiger partial charge in [-0.05, 0) is 30.5 Å². The van der Waals surface area contributed by atoms with E-state index in [1.807, 2.05) is 0 Å². The van der Waals surface area contributed by atoms with E-state index in [-0.39, 0.29) is 0 Å². The van der Waals surface area contributed by atoms with Crippen LogP contribution in [0.5, 0.6) is 0 Å². The minimum atomic E-state index is -0.790. The molecule has 72 valence electrons. The third kappa shape index (κ3) is 1.13. The van der Waals surface area contributed by atoms with Gasteiger partial charge in [0.2, 0.25) is 0 Å². The third-order valence-electron chi connectivity index (χ3n) is 2.60. The summed E-state index contributed by atoms with van der Waals surface area (Å²) in [4.78, 5) is 0. The van der Waals surface area contributed by atoms with Gasteiger partial charge in [-0.15, -0.1) is 0 Å². The predicted octanol–water partition coefficient (Wildman–Crippen LogP) is 2.10. The molecule has 2 rings (SSSR count). The van der Waals surface area contributed by atoms with Crippen molar-refractivity contribution in [2.45, 2.75) is 18.3 Å². The quantitative estimate of drug-likeness (QED) is 0.696. The molecule has 1 aromatic carbocycles. The zero-order valence-corrected chi connectivity index (χ0v) is 7.35. The van der Waals surface area contributed by atoms with E-state index in [0.29, 0.717) is 18.4 Å². The highest BCUT2D eigenvalue weighted by molar-refractivity contribution is 5.48. The number of nitrogens with zero attached hydrogens (tertiary/aromatic N) is 1. The fraction of sp³-hybridized carbons (Fsp3) is 0.300. The fourth-order valence-corrected chi connectivity index (χ4v) is 1.45. The van der Waals surface area contributed by atoms with Gasteiger partial charge in [-0.1, -0.05) is 0 Å². The number of benzene rings is 1. The predicted molar refractivity (Wildman–Crippen MR) is 47.3 cm³/mol. The number of nitriles is 1. The second-order valence-electron chi connectivity index (χ2n) is 3.55. The van der Waals surface area contributed by atoms with Gasteiger partial charge in [0.25, 0.3) is 0 Å². The summed E-state index contributed by atoms with van der Waals surface area (Å²) in [6.07, 6.45) is 1.32. The zero-order chi connectivity index (χ0) is 10.3. The number of hydrogen-bond donors (Lipinski definition) is 1. The molecule has 1 aliphatic rings. The lowest BCUT2D eigenvalue weighted by molar-refractivity contribution is 0.585. The molecule has 2 nitrogen and oxygen atoms in total. The van der Waals surface area contributed by atoms with Crippen molar-refractivity contribution in [3.05, 3.63) is 29.3 Å². The van der Waals surface area contributed by atoms with Gasteiger partial charge < -0.3 is 5.73 Å². The Bertz CT molecular complexity index is 407. The van der Waals surface area contributed by atoms with E-state index < -0.39 is 22.7 Å². The molecular formula is C10H8F2N2. The van der Waals surface area contributed by atoms with Crippen molar-refractivity contribution < 1.29 is 8.78 Å². The van der Waals surface area contributed by atoms with E-state index >= 15 is 0 Å². The molecule has 1 aliphatic carbocycles. The van der Waals surface area contributed by atoms with E-state index in [9.17, 15) is 8.78 Å². The summed E-state index contributed by atoms with van der Waals surface area (Å²) in [7, 11) is 0. The molecule has 0 bridgehead atoms. The molecule has 14 heavy (non-hydrogen) atoms. The van der Waals surface area contributed by atoms with Crippen LogP contribution >= 0.6 is 0 Å². The van der Waals surface area contributed by atoms with Crippen molar-refractivity contribution >= 4 is 5.69 Å². The molecule has 0 saturated heterocycles.